The van der Waals surface area contributed by atoms with E-state index in [0.29, 0.717) is 12.4 Å². The Morgan fingerprint density at radius 1 is 1.27 bits per heavy atom. The maximum atomic E-state index is 8.61. The first-order valence-corrected chi connectivity index (χ1v) is 4.04. The molecule has 4 heteroatoms. The van der Waals surface area contributed by atoms with E-state index in [-0.39, 0.29) is 19.3 Å². The van der Waals surface area contributed by atoms with Crippen LogP contribution in [-0.4, -0.2) is 41.9 Å². The van der Waals surface area contributed by atoms with E-state index in [4.69, 9.17) is 21.8 Å². The second-order valence-corrected chi connectivity index (χ2v) is 2.40. The molecule has 0 aromatic rings. The van der Waals surface area contributed by atoms with Crippen LogP contribution in [0.4, 0.5) is 0 Å². The van der Waals surface area contributed by atoms with Crippen molar-refractivity contribution in [3.8, 4) is 0 Å². The van der Waals surface area contributed by atoms with Gasteiger partial charge >= 0.3 is 0 Å². The van der Waals surface area contributed by atoms with Crippen LogP contribution in [-0.2, 0) is 0 Å². The van der Waals surface area contributed by atoms with E-state index in [0.717, 1.165) is 0 Å². The molecule has 0 aliphatic heterocycles. The van der Waals surface area contributed by atoms with Gasteiger partial charge in [-0.1, -0.05) is 12.2 Å². The third-order valence-electron chi connectivity index (χ3n) is 1.22. The molecule has 0 amide bonds. The van der Waals surface area contributed by atoms with Crippen LogP contribution in [0, 0.1) is 0 Å². The topological polar surface area (TPSA) is 52.5 Å². The van der Waals surface area contributed by atoms with Crippen LogP contribution in [0.2, 0.25) is 0 Å². The summed E-state index contributed by atoms with van der Waals surface area (Å²) in [4.78, 5) is 0. The zero-order chi connectivity index (χ0) is 8.53. The molecule has 0 radical (unpaired) electrons. The molecule has 11 heavy (non-hydrogen) atoms. The highest BCUT2D eigenvalue weighted by Gasteiger charge is 2.00. The molecule has 0 spiro atoms. The van der Waals surface area contributed by atoms with E-state index in [1.165, 1.54) is 0 Å². The lowest BCUT2D eigenvalue weighted by Gasteiger charge is -2.10. The van der Waals surface area contributed by atoms with Gasteiger partial charge in [-0.3, -0.25) is 0 Å². The third kappa shape index (κ3) is 6.31. The molecule has 0 unspecified atom stereocenters. The lowest BCUT2D eigenvalue weighted by molar-refractivity contribution is 0.174. The van der Waals surface area contributed by atoms with E-state index < -0.39 is 0 Å². The quantitative estimate of drug-likeness (QED) is 0.389. The summed E-state index contributed by atoms with van der Waals surface area (Å²) in [6.07, 6.45) is 3.66. The van der Waals surface area contributed by atoms with Gasteiger partial charge in [-0.15, -0.1) is 11.6 Å². The fraction of sp³-hybridized carbons (Fsp3) is 0.714. The number of hydrogen-bond acceptors (Lipinski definition) is 3. The van der Waals surface area contributed by atoms with E-state index in [2.05, 4.69) is 5.32 Å². The highest BCUT2D eigenvalue weighted by atomic mass is 35.5. The number of allylic oxidation sites excluding steroid dienone is 1. The van der Waals surface area contributed by atoms with Crippen LogP contribution < -0.4 is 5.32 Å². The van der Waals surface area contributed by atoms with Gasteiger partial charge < -0.3 is 15.5 Å². The summed E-state index contributed by atoms with van der Waals surface area (Å²) < 4.78 is 0. The first kappa shape index (κ1) is 10.9. The Balaban J connectivity index is 3.27. The van der Waals surface area contributed by atoms with E-state index in [1.54, 1.807) is 6.08 Å². The minimum Gasteiger partial charge on any atom is -0.395 e. The van der Waals surface area contributed by atoms with Crippen molar-refractivity contribution in [1.29, 1.82) is 0 Å². The van der Waals surface area contributed by atoms with Crippen LogP contribution in [0.25, 0.3) is 0 Å². The van der Waals surface area contributed by atoms with E-state index in [1.807, 2.05) is 6.08 Å². The van der Waals surface area contributed by atoms with Crippen LogP contribution in [0.15, 0.2) is 12.2 Å². The summed E-state index contributed by atoms with van der Waals surface area (Å²) in [6.45, 7) is 0.523. The Bertz CT molecular complexity index is 105. The fourth-order valence-electron chi connectivity index (χ4n) is 0.568. The summed E-state index contributed by atoms with van der Waals surface area (Å²) >= 11 is 5.37. The predicted molar refractivity (Wildman–Crippen MR) is 45.8 cm³/mol. The molecule has 0 heterocycles. The molecule has 0 aliphatic carbocycles. The second-order valence-electron chi connectivity index (χ2n) is 2.10. The maximum absolute atomic E-state index is 8.61. The molecule has 0 saturated carbocycles. The zero-order valence-corrected chi connectivity index (χ0v) is 7.09. The van der Waals surface area contributed by atoms with Crippen LogP contribution in [0.1, 0.15) is 0 Å². The number of halogens is 1. The number of aliphatic hydroxyl groups is 2. The first-order valence-electron chi connectivity index (χ1n) is 3.51. The minimum atomic E-state index is -0.227. The summed E-state index contributed by atoms with van der Waals surface area (Å²) in [5, 5.41) is 20.1. The van der Waals surface area contributed by atoms with Gasteiger partial charge in [-0.25, -0.2) is 0 Å². The summed E-state index contributed by atoms with van der Waals surface area (Å²) in [6, 6.07) is -0.227. The zero-order valence-electron chi connectivity index (χ0n) is 6.33. The molecule has 66 valence electrons. The molecular weight excluding hydrogens is 166 g/mol. The van der Waals surface area contributed by atoms with Crippen LogP contribution >= 0.6 is 11.6 Å². The SMILES string of the molecule is OCC(CO)NC/C=C/CCl. The van der Waals surface area contributed by atoms with Crippen molar-refractivity contribution in [3.05, 3.63) is 12.2 Å². The van der Waals surface area contributed by atoms with Crippen molar-refractivity contribution in [2.45, 2.75) is 6.04 Å². The molecule has 0 saturated heterocycles. The van der Waals surface area contributed by atoms with Gasteiger partial charge in [-0.05, 0) is 0 Å². The van der Waals surface area contributed by atoms with Crippen molar-refractivity contribution in [3.63, 3.8) is 0 Å². The summed E-state index contributed by atoms with van der Waals surface area (Å²) in [7, 11) is 0. The summed E-state index contributed by atoms with van der Waals surface area (Å²) in [5.41, 5.74) is 0. The molecule has 3 N–H and O–H groups in total. The Kier molecular flexibility index (Phi) is 7.95. The van der Waals surface area contributed by atoms with Gasteiger partial charge in [0.15, 0.2) is 0 Å². The van der Waals surface area contributed by atoms with Gasteiger partial charge in [0, 0.05) is 12.4 Å². The van der Waals surface area contributed by atoms with E-state index >= 15 is 0 Å². The Morgan fingerprint density at radius 3 is 2.36 bits per heavy atom. The lowest BCUT2D eigenvalue weighted by atomic mass is 10.3. The van der Waals surface area contributed by atoms with Crippen molar-refractivity contribution in [1.82, 2.24) is 5.32 Å². The maximum Gasteiger partial charge on any atom is 0.0607 e. The van der Waals surface area contributed by atoms with Crippen LogP contribution in [0.5, 0.6) is 0 Å². The second kappa shape index (κ2) is 8.01. The molecule has 0 bridgehead atoms. The molecule has 0 aromatic heterocycles. The van der Waals surface area contributed by atoms with Crippen molar-refractivity contribution < 1.29 is 10.2 Å². The van der Waals surface area contributed by atoms with Crippen molar-refractivity contribution in [2.24, 2.45) is 0 Å². The molecule has 0 atom stereocenters. The molecule has 0 aliphatic rings. The fourth-order valence-corrected chi connectivity index (χ4v) is 0.694. The van der Waals surface area contributed by atoms with Crippen molar-refractivity contribution in [2.75, 3.05) is 25.6 Å². The normalized spacial score (nSPS) is 11.6. The molecular formula is C7H14ClNO2. The molecule has 0 rings (SSSR count). The minimum absolute atomic E-state index is 0.0504. The number of aliphatic hydroxyl groups excluding tert-OH is 2. The largest absolute Gasteiger partial charge is 0.395 e. The Morgan fingerprint density at radius 2 is 1.91 bits per heavy atom. The number of alkyl halides is 1. The Hall–Kier alpha value is -0.0900. The average molecular weight is 180 g/mol. The van der Waals surface area contributed by atoms with Gasteiger partial charge in [0.2, 0.25) is 0 Å². The van der Waals surface area contributed by atoms with Gasteiger partial charge in [0.25, 0.3) is 0 Å². The van der Waals surface area contributed by atoms with Crippen LogP contribution in [0.3, 0.4) is 0 Å². The standard InChI is InChI=1S/C7H14ClNO2/c8-3-1-2-4-9-7(5-10)6-11/h1-2,7,9-11H,3-6H2/b2-1+. The third-order valence-corrected chi connectivity index (χ3v) is 1.40. The summed E-state index contributed by atoms with van der Waals surface area (Å²) in [5.74, 6) is 0.491. The average Bonchev–Trinajstić information content (AvgIpc) is 2.05. The van der Waals surface area contributed by atoms with Crippen molar-refractivity contribution >= 4 is 11.6 Å². The first-order chi connectivity index (χ1) is 5.35. The Labute approximate surface area is 71.7 Å². The number of hydrogen-bond donors (Lipinski definition) is 3. The highest BCUT2D eigenvalue weighted by molar-refractivity contribution is 6.18. The van der Waals surface area contributed by atoms with Gasteiger partial charge in [0.1, 0.15) is 0 Å². The number of rotatable bonds is 6. The smallest absolute Gasteiger partial charge is 0.0607 e. The lowest BCUT2D eigenvalue weighted by Crippen LogP contribution is -2.35. The van der Waals surface area contributed by atoms with E-state index in [9.17, 15) is 0 Å². The molecule has 3 nitrogen and oxygen atoms in total. The molecule has 0 aromatic carbocycles. The van der Waals surface area contributed by atoms with Gasteiger partial charge in [0.05, 0.1) is 19.3 Å². The molecule has 0 fully saturated rings. The number of nitrogens with one attached hydrogen (secondary N) is 1. The predicted octanol–water partition coefficient (Wildman–Crippen LogP) is -0.276. The highest BCUT2D eigenvalue weighted by Crippen LogP contribution is 1.80. The monoisotopic (exact) mass is 179 g/mol. The van der Waals surface area contributed by atoms with Gasteiger partial charge in [-0.2, -0.15) is 0 Å².